The molecule has 0 unspecified atom stereocenters. The van der Waals surface area contributed by atoms with Crippen LogP contribution in [0.3, 0.4) is 0 Å². The van der Waals surface area contributed by atoms with Gasteiger partial charge in [-0.05, 0) is 26.0 Å². The Morgan fingerprint density at radius 1 is 1.60 bits per heavy atom. The fourth-order valence-electron chi connectivity index (χ4n) is 0.765. The first-order chi connectivity index (χ1) is 4.70. The number of hydrogen-bond donors (Lipinski definition) is 0. The number of ketones is 1. The molecule has 0 aliphatic carbocycles. The normalized spacial score (nSPS) is 9.40. The van der Waals surface area contributed by atoms with E-state index in [4.69, 9.17) is 0 Å². The lowest BCUT2D eigenvalue weighted by Gasteiger charge is -1.94. The molecule has 10 heavy (non-hydrogen) atoms. The van der Waals surface area contributed by atoms with Crippen molar-refractivity contribution in [2.24, 2.45) is 0 Å². The minimum absolute atomic E-state index is 0.0884. The maximum atomic E-state index is 10.8. The lowest BCUT2D eigenvalue weighted by atomic mass is 10.2. The third-order valence-corrected chi connectivity index (χ3v) is 1.30. The van der Waals surface area contributed by atoms with Gasteiger partial charge in [0.1, 0.15) is 0 Å². The van der Waals surface area contributed by atoms with Crippen LogP contribution in [-0.4, -0.2) is 10.8 Å². The minimum Gasteiger partial charge on any atom is -0.295 e. The molecule has 1 aromatic rings. The molecule has 1 rings (SSSR count). The Morgan fingerprint density at radius 3 is 2.70 bits per heavy atom. The van der Waals surface area contributed by atoms with Crippen LogP contribution >= 0.6 is 0 Å². The maximum Gasteiger partial charge on any atom is 0.159 e. The molecule has 0 fully saturated rings. The summed E-state index contributed by atoms with van der Waals surface area (Å²) >= 11 is 0. The third kappa shape index (κ3) is 1.41. The van der Waals surface area contributed by atoms with E-state index in [-0.39, 0.29) is 5.78 Å². The lowest BCUT2D eigenvalue weighted by Crippen LogP contribution is -1.92. The first kappa shape index (κ1) is 6.93. The first-order valence-corrected chi connectivity index (χ1v) is 3.14. The van der Waals surface area contributed by atoms with Crippen molar-refractivity contribution < 1.29 is 4.79 Å². The summed E-state index contributed by atoms with van der Waals surface area (Å²) in [5, 5.41) is 0. The summed E-state index contributed by atoms with van der Waals surface area (Å²) in [5.41, 5.74) is 1.61. The highest BCUT2D eigenvalue weighted by atomic mass is 16.1. The van der Waals surface area contributed by atoms with Gasteiger partial charge in [-0.1, -0.05) is 0 Å². The fraction of sp³-hybridized carbons (Fsp3) is 0.250. The zero-order valence-electron chi connectivity index (χ0n) is 6.09. The highest BCUT2D eigenvalue weighted by Crippen LogP contribution is 2.00. The minimum atomic E-state index is 0.0884. The van der Waals surface area contributed by atoms with E-state index in [0.29, 0.717) is 0 Å². The molecule has 0 saturated carbocycles. The van der Waals surface area contributed by atoms with Crippen LogP contribution in [0.15, 0.2) is 18.3 Å². The molecule has 0 aliphatic rings. The van der Waals surface area contributed by atoms with Crippen LogP contribution in [0.1, 0.15) is 23.0 Å². The highest BCUT2D eigenvalue weighted by molar-refractivity contribution is 5.93. The van der Waals surface area contributed by atoms with Crippen molar-refractivity contribution in [3.05, 3.63) is 29.6 Å². The van der Waals surface area contributed by atoms with Crippen LogP contribution in [0.2, 0.25) is 0 Å². The summed E-state index contributed by atoms with van der Waals surface area (Å²) < 4.78 is 0. The molecule has 0 aromatic carbocycles. The molecule has 0 aliphatic heterocycles. The van der Waals surface area contributed by atoms with Gasteiger partial charge < -0.3 is 0 Å². The van der Waals surface area contributed by atoms with Crippen molar-refractivity contribution in [3.63, 3.8) is 0 Å². The van der Waals surface area contributed by atoms with Crippen molar-refractivity contribution in [1.29, 1.82) is 0 Å². The number of nitrogens with zero attached hydrogens (tertiary/aromatic N) is 1. The number of rotatable bonds is 1. The highest BCUT2D eigenvalue weighted by Gasteiger charge is 1.96. The van der Waals surface area contributed by atoms with Crippen molar-refractivity contribution in [2.45, 2.75) is 13.8 Å². The van der Waals surface area contributed by atoms with E-state index in [2.05, 4.69) is 4.98 Å². The molecular weight excluding hydrogens is 126 g/mol. The fourth-order valence-corrected chi connectivity index (χ4v) is 0.765. The second-order valence-electron chi connectivity index (χ2n) is 2.24. The van der Waals surface area contributed by atoms with Crippen molar-refractivity contribution in [2.75, 3.05) is 0 Å². The number of aryl methyl sites for hydroxylation is 1. The molecule has 2 nitrogen and oxygen atoms in total. The van der Waals surface area contributed by atoms with Crippen molar-refractivity contribution in [3.8, 4) is 0 Å². The summed E-state index contributed by atoms with van der Waals surface area (Å²) in [4.78, 5) is 14.7. The van der Waals surface area contributed by atoms with Gasteiger partial charge in [0.05, 0.1) is 0 Å². The van der Waals surface area contributed by atoms with E-state index < -0.39 is 0 Å². The number of carbonyl (C=O) groups excluding carboxylic acids is 1. The van der Waals surface area contributed by atoms with Crippen LogP contribution < -0.4 is 0 Å². The Bertz CT molecular complexity index is 255. The maximum absolute atomic E-state index is 10.8. The third-order valence-electron chi connectivity index (χ3n) is 1.30. The van der Waals surface area contributed by atoms with Crippen LogP contribution in [-0.2, 0) is 0 Å². The summed E-state index contributed by atoms with van der Waals surface area (Å²) in [5.74, 6) is 0.0884. The zero-order chi connectivity index (χ0) is 7.56. The number of hydrogen-bond acceptors (Lipinski definition) is 2. The van der Waals surface area contributed by atoms with Crippen LogP contribution in [0.5, 0.6) is 0 Å². The largest absolute Gasteiger partial charge is 0.295 e. The molecule has 0 radical (unpaired) electrons. The van der Waals surface area contributed by atoms with Gasteiger partial charge >= 0.3 is 0 Å². The van der Waals surface area contributed by atoms with E-state index in [1.54, 1.807) is 25.3 Å². The molecular formula is C8H9NO. The van der Waals surface area contributed by atoms with Gasteiger partial charge in [-0.15, -0.1) is 0 Å². The number of Topliss-reactive ketones (excluding diaryl/α,β-unsaturated/α-hetero) is 1. The van der Waals surface area contributed by atoms with Gasteiger partial charge in [-0.25, -0.2) is 0 Å². The average molecular weight is 135 g/mol. The predicted molar refractivity (Wildman–Crippen MR) is 39.0 cm³/mol. The molecule has 0 bridgehead atoms. The van der Waals surface area contributed by atoms with E-state index >= 15 is 0 Å². The Hall–Kier alpha value is -1.18. The average Bonchev–Trinajstić information content (AvgIpc) is 1.88. The number of pyridine rings is 1. The van der Waals surface area contributed by atoms with Gasteiger partial charge in [0.25, 0.3) is 0 Å². The van der Waals surface area contributed by atoms with E-state index in [9.17, 15) is 4.79 Å². The Morgan fingerprint density at radius 2 is 2.30 bits per heavy atom. The molecule has 0 N–H and O–H groups in total. The zero-order valence-corrected chi connectivity index (χ0v) is 6.09. The second kappa shape index (κ2) is 2.60. The summed E-state index contributed by atoms with van der Waals surface area (Å²) in [6.07, 6.45) is 1.64. The quantitative estimate of drug-likeness (QED) is 0.547. The second-order valence-corrected chi connectivity index (χ2v) is 2.24. The van der Waals surface area contributed by atoms with Crippen LogP contribution in [0, 0.1) is 6.92 Å². The van der Waals surface area contributed by atoms with Crippen LogP contribution in [0.4, 0.5) is 0 Å². The summed E-state index contributed by atoms with van der Waals surface area (Å²) in [6, 6.07) is 3.50. The van der Waals surface area contributed by atoms with Crippen molar-refractivity contribution >= 4 is 5.78 Å². The summed E-state index contributed by atoms with van der Waals surface area (Å²) in [7, 11) is 0. The topological polar surface area (TPSA) is 30.0 Å². The van der Waals surface area contributed by atoms with Gasteiger partial charge in [0.15, 0.2) is 5.78 Å². The number of carbonyl (C=O) groups is 1. The van der Waals surface area contributed by atoms with Crippen molar-refractivity contribution in [1.82, 2.24) is 4.98 Å². The monoisotopic (exact) mass is 135 g/mol. The smallest absolute Gasteiger partial charge is 0.159 e. The van der Waals surface area contributed by atoms with E-state index in [0.717, 1.165) is 11.3 Å². The SMILES string of the molecule is CC(=O)c1ccnc(C)c1. The van der Waals surface area contributed by atoms with Gasteiger partial charge in [-0.3, -0.25) is 9.78 Å². The molecule has 0 amide bonds. The van der Waals surface area contributed by atoms with Gasteiger partial charge in [0, 0.05) is 17.5 Å². The molecule has 2 heteroatoms. The molecule has 0 spiro atoms. The van der Waals surface area contributed by atoms with Gasteiger partial charge in [-0.2, -0.15) is 0 Å². The van der Waals surface area contributed by atoms with E-state index in [1.165, 1.54) is 0 Å². The number of aromatic nitrogens is 1. The molecule has 0 saturated heterocycles. The molecule has 1 heterocycles. The van der Waals surface area contributed by atoms with E-state index in [1.807, 2.05) is 6.92 Å². The molecule has 1 aromatic heterocycles. The summed E-state index contributed by atoms with van der Waals surface area (Å²) in [6.45, 7) is 3.42. The Labute approximate surface area is 59.9 Å². The lowest BCUT2D eigenvalue weighted by molar-refractivity contribution is 0.101. The molecule has 0 atom stereocenters. The molecule has 52 valence electrons. The standard InChI is InChI=1S/C8H9NO/c1-6-5-8(7(2)10)3-4-9-6/h3-5H,1-2H3. The Balaban J connectivity index is 3.07. The Kier molecular flexibility index (Phi) is 1.81. The first-order valence-electron chi connectivity index (χ1n) is 3.14. The van der Waals surface area contributed by atoms with Gasteiger partial charge in [0.2, 0.25) is 0 Å². The predicted octanol–water partition coefficient (Wildman–Crippen LogP) is 1.59. The van der Waals surface area contributed by atoms with Crippen LogP contribution in [0.25, 0.3) is 0 Å².